The molecule has 1 unspecified atom stereocenters. The number of hydrogen-bond acceptors (Lipinski definition) is 4. The van der Waals surface area contributed by atoms with Crippen molar-refractivity contribution < 1.29 is 19.0 Å². The van der Waals surface area contributed by atoms with E-state index in [1.807, 2.05) is 6.92 Å². The predicted molar refractivity (Wildman–Crippen MR) is 56.5 cm³/mol. The van der Waals surface area contributed by atoms with Crippen LogP contribution in [0.25, 0.3) is 0 Å². The van der Waals surface area contributed by atoms with Crippen LogP contribution in [0, 0.1) is 0 Å². The van der Waals surface area contributed by atoms with Crippen LogP contribution in [0.2, 0.25) is 0 Å². The zero-order valence-corrected chi connectivity index (χ0v) is 9.53. The molecule has 0 radical (unpaired) electrons. The Morgan fingerprint density at radius 3 is 2.53 bits per heavy atom. The number of hydrogen-bond donors (Lipinski definition) is 1. The molecule has 0 bridgehead atoms. The quantitative estimate of drug-likeness (QED) is 0.537. The fourth-order valence-electron chi connectivity index (χ4n) is 1.06. The summed E-state index contributed by atoms with van der Waals surface area (Å²) in [7, 11) is 1.65. The number of rotatable bonds is 10. The van der Waals surface area contributed by atoms with Gasteiger partial charge in [-0.3, -0.25) is 4.79 Å². The van der Waals surface area contributed by atoms with Crippen LogP contribution in [-0.2, 0) is 19.0 Å². The van der Waals surface area contributed by atoms with Gasteiger partial charge in [-0.1, -0.05) is 6.92 Å². The molecule has 0 aromatic rings. The van der Waals surface area contributed by atoms with Gasteiger partial charge in [0.1, 0.15) is 6.10 Å². The second-order valence-corrected chi connectivity index (χ2v) is 3.13. The molecule has 0 saturated heterocycles. The molecule has 5 heteroatoms. The molecule has 0 aromatic heterocycles. The molecule has 2 N–H and O–H groups in total. The van der Waals surface area contributed by atoms with E-state index in [-0.39, 0.29) is 0 Å². The van der Waals surface area contributed by atoms with Crippen molar-refractivity contribution in [3.8, 4) is 0 Å². The zero-order chi connectivity index (χ0) is 11.5. The molecule has 0 spiro atoms. The highest BCUT2D eigenvalue weighted by Gasteiger charge is 2.12. The van der Waals surface area contributed by atoms with Crippen LogP contribution < -0.4 is 5.73 Å². The minimum Gasteiger partial charge on any atom is -0.385 e. The Kier molecular flexibility index (Phi) is 9.46. The Hall–Kier alpha value is -0.650. The molecule has 0 aliphatic carbocycles. The van der Waals surface area contributed by atoms with Crippen LogP contribution in [-0.4, -0.2) is 45.5 Å². The first-order valence-corrected chi connectivity index (χ1v) is 5.20. The highest BCUT2D eigenvalue weighted by Crippen LogP contribution is 1.96. The second kappa shape index (κ2) is 9.89. The van der Waals surface area contributed by atoms with Gasteiger partial charge in [-0.15, -0.1) is 0 Å². The summed E-state index contributed by atoms with van der Waals surface area (Å²) < 4.78 is 15.3. The van der Waals surface area contributed by atoms with E-state index < -0.39 is 12.0 Å². The van der Waals surface area contributed by atoms with Crippen molar-refractivity contribution in [2.24, 2.45) is 5.73 Å². The predicted octanol–water partition coefficient (Wildman–Crippen LogP) is 0.320. The highest BCUT2D eigenvalue weighted by atomic mass is 16.5. The molecular formula is C10H21NO4. The van der Waals surface area contributed by atoms with Gasteiger partial charge >= 0.3 is 0 Å². The lowest BCUT2D eigenvalue weighted by Crippen LogP contribution is -2.31. The van der Waals surface area contributed by atoms with E-state index in [0.29, 0.717) is 32.8 Å². The third-order valence-electron chi connectivity index (χ3n) is 1.87. The lowest BCUT2D eigenvalue weighted by atomic mass is 10.3. The van der Waals surface area contributed by atoms with Gasteiger partial charge in [-0.2, -0.15) is 0 Å². The van der Waals surface area contributed by atoms with Gasteiger partial charge in [0.25, 0.3) is 0 Å². The molecule has 0 aliphatic rings. The van der Waals surface area contributed by atoms with Crippen molar-refractivity contribution in [3.05, 3.63) is 0 Å². The Labute approximate surface area is 90.9 Å². The van der Waals surface area contributed by atoms with Crippen LogP contribution in [0.3, 0.4) is 0 Å². The van der Waals surface area contributed by atoms with Crippen molar-refractivity contribution in [1.29, 1.82) is 0 Å². The van der Waals surface area contributed by atoms with Gasteiger partial charge in [0.05, 0.1) is 13.2 Å². The number of carbonyl (C=O) groups is 1. The van der Waals surface area contributed by atoms with Gasteiger partial charge in [0.15, 0.2) is 0 Å². The third-order valence-corrected chi connectivity index (χ3v) is 1.87. The van der Waals surface area contributed by atoms with E-state index in [9.17, 15) is 4.79 Å². The molecule has 0 heterocycles. The van der Waals surface area contributed by atoms with Crippen molar-refractivity contribution in [2.75, 3.05) is 33.5 Å². The molecule has 0 saturated carbocycles. The van der Waals surface area contributed by atoms with Crippen LogP contribution in [0.5, 0.6) is 0 Å². The standard InChI is InChI=1S/C10H21NO4/c1-3-9(10(11)12)15-8-7-14-6-4-5-13-2/h9H,3-8H2,1-2H3,(H2,11,12). The Bertz CT molecular complexity index is 164. The first kappa shape index (κ1) is 14.3. The molecule has 15 heavy (non-hydrogen) atoms. The zero-order valence-electron chi connectivity index (χ0n) is 9.53. The van der Waals surface area contributed by atoms with E-state index in [2.05, 4.69) is 0 Å². The fourth-order valence-corrected chi connectivity index (χ4v) is 1.06. The number of methoxy groups -OCH3 is 1. The topological polar surface area (TPSA) is 70.8 Å². The number of primary amides is 1. The first-order chi connectivity index (χ1) is 7.22. The molecule has 0 rings (SSSR count). The van der Waals surface area contributed by atoms with Gasteiger partial charge in [0.2, 0.25) is 5.91 Å². The molecule has 90 valence electrons. The summed E-state index contributed by atoms with van der Waals surface area (Å²) in [6.07, 6.45) is 0.968. The molecule has 1 amide bonds. The van der Waals surface area contributed by atoms with Crippen LogP contribution in [0.1, 0.15) is 19.8 Å². The first-order valence-electron chi connectivity index (χ1n) is 5.20. The van der Waals surface area contributed by atoms with Crippen molar-refractivity contribution in [1.82, 2.24) is 0 Å². The van der Waals surface area contributed by atoms with Crippen molar-refractivity contribution >= 4 is 5.91 Å². The summed E-state index contributed by atoms with van der Waals surface area (Å²) in [5, 5.41) is 0. The maximum atomic E-state index is 10.8. The maximum absolute atomic E-state index is 10.8. The van der Waals surface area contributed by atoms with Gasteiger partial charge in [-0.25, -0.2) is 0 Å². The Morgan fingerprint density at radius 2 is 2.00 bits per heavy atom. The van der Waals surface area contributed by atoms with Gasteiger partial charge in [0, 0.05) is 20.3 Å². The lowest BCUT2D eigenvalue weighted by Gasteiger charge is -2.12. The van der Waals surface area contributed by atoms with Gasteiger partial charge in [-0.05, 0) is 12.8 Å². The highest BCUT2D eigenvalue weighted by molar-refractivity contribution is 5.78. The summed E-state index contributed by atoms with van der Waals surface area (Å²) in [6.45, 7) is 4.07. The van der Waals surface area contributed by atoms with E-state index in [1.54, 1.807) is 7.11 Å². The summed E-state index contributed by atoms with van der Waals surface area (Å²) in [5.41, 5.74) is 5.11. The lowest BCUT2D eigenvalue weighted by molar-refractivity contribution is -0.130. The molecule has 5 nitrogen and oxygen atoms in total. The number of amides is 1. The number of ether oxygens (including phenoxy) is 3. The Morgan fingerprint density at radius 1 is 1.27 bits per heavy atom. The van der Waals surface area contributed by atoms with Crippen LogP contribution >= 0.6 is 0 Å². The van der Waals surface area contributed by atoms with Crippen LogP contribution in [0.4, 0.5) is 0 Å². The van der Waals surface area contributed by atoms with E-state index >= 15 is 0 Å². The normalized spacial score (nSPS) is 12.7. The van der Waals surface area contributed by atoms with Gasteiger partial charge < -0.3 is 19.9 Å². The second-order valence-electron chi connectivity index (χ2n) is 3.13. The minimum absolute atomic E-state index is 0.397. The van der Waals surface area contributed by atoms with Crippen molar-refractivity contribution in [3.63, 3.8) is 0 Å². The summed E-state index contributed by atoms with van der Waals surface area (Å²) in [4.78, 5) is 10.8. The van der Waals surface area contributed by atoms with E-state index in [4.69, 9.17) is 19.9 Å². The average molecular weight is 219 g/mol. The number of nitrogens with two attached hydrogens (primary N) is 1. The summed E-state index contributed by atoms with van der Waals surface area (Å²) in [6, 6.07) is 0. The molecule has 0 fully saturated rings. The van der Waals surface area contributed by atoms with Crippen LogP contribution in [0.15, 0.2) is 0 Å². The minimum atomic E-state index is -0.493. The summed E-state index contributed by atoms with van der Waals surface area (Å²) >= 11 is 0. The molecular weight excluding hydrogens is 198 g/mol. The Balaban J connectivity index is 3.25. The SMILES string of the molecule is CCC(OCCOCCCOC)C(N)=O. The van der Waals surface area contributed by atoms with E-state index in [0.717, 1.165) is 6.42 Å². The fraction of sp³-hybridized carbons (Fsp3) is 0.900. The largest absolute Gasteiger partial charge is 0.385 e. The smallest absolute Gasteiger partial charge is 0.246 e. The average Bonchev–Trinajstić information content (AvgIpc) is 2.21. The number of carbonyl (C=O) groups excluding carboxylic acids is 1. The monoisotopic (exact) mass is 219 g/mol. The van der Waals surface area contributed by atoms with Crippen molar-refractivity contribution in [2.45, 2.75) is 25.9 Å². The molecule has 1 atom stereocenters. The molecule has 0 aromatic carbocycles. The van der Waals surface area contributed by atoms with E-state index in [1.165, 1.54) is 0 Å². The summed E-state index contributed by atoms with van der Waals surface area (Å²) in [5.74, 6) is -0.420. The third kappa shape index (κ3) is 8.35. The molecule has 0 aliphatic heterocycles. The maximum Gasteiger partial charge on any atom is 0.246 e.